The molecule has 1 amide bonds. The van der Waals surface area contributed by atoms with E-state index in [0.29, 0.717) is 23.8 Å². The lowest BCUT2D eigenvalue weighted by Gasteiger charge is -2.12. The van der Waals surface area contributed by atoms with E-state index < -0.39 is 10.0 Å². The van der Waals surface area contributed by atoms with Crippen molar-refractivity contribution < 1.29 is 13.2 Å². The Morgan fingerprint density at radius 1 is 1.06 bits per heavy atom. The molecule has 0 radical (unpaired) electrons. The highest BCUT2D eigenvalue weighted by molar-refractivity contribution is 7.99. The molecule has 0 fully saturated rings. The number of hydrogen-bond donors (Lipinski definition) is 1. The highest BCUT2D eigenvalue weighted by Crippen LogP contribution is 2.20. The van der Waals surface area contributed by atoms with Crippen LogP contribution in [0.4, 0.5) is 5.69 Å². The first-order valence-electron chi connectivity index (χ1n) is 9.72. The van der Waals surface area contributed by atoms with Crippen molar-refractivity contribution in [2.75, 3.05) is 25.2 Å². The smallest absolute Gasteiger partial charge is 0.242 e. The van der Waals surface area contributed by atoms with Crippen molar-refractivity contribution in [2.45, 2.75) is 29.9 Å². The lowest BCUT2D eigenvalue weighted by atomic mass is 10.1. The Hall–Kier alpha value is -2.69. The fourth-order valence-electron chi connectivity index (χ4n) is 2.90. The largest absolute Gasteiger partial charge is 0.325 e. The number of carbonyl (C=O) groups excluding carboxylic acids is 1. The maximum Gasteiger partial charge on any atom is 0.242 e. The van der Waals surface area contributed by atoms with Gasteiger partial charge in [0.25, 0.3) is 0 Å². The molecule has 0 unspecified atom stereocenters. The van der Waals surface area contributed by atoms with Gasteiger partial charge >= 0.3 is 0 Å². The minimum Gasteiger partial charge on any atom is -0.325 e. The third-order valence-corrected chi connectivity index (χ3v) is 7.36. The summed E-state index contributed by atoms with van der Waals surface area (Å²) in [5, 5.41) is 12.0. The lowest BCUT2D eigenvalue weighted by Crippen LogP contribution is -2.22. The normalized spacial score (nSPS) is 11.6. The molecule has 0 aliphatic rings. The van der Waals surface area contributed by atoms with Crippen LogP contribution in [0.15, 0.2) is 64.6 Å². The number of thioether (sulfide) groups is 1. The average Bonchev–Trinajstić information content (AvgIpc) is 3.14. The van der Waals surface area contributed by atoms with Crippen LogP contribution in [0.3, 0.4) is 0 Å². The number of nitrogens with one attached hydrogen (secondary N) is 1. The van der Waals surface area contributed by atoms with E-state index in [2.05, 4.69) is 15.5 Å². The molecule has 1 heterocycles. The number of hydrogen-bond acceptors (Lipinski definition) is 6. The van der Waals surface area contributed by atoms with Gasteiger partial charge in [-0.15, -0.1) is 10.2 Å². The second-order valence-electron chi connectivity index (χ2n) is 6.95. The van der Waals surface area contributed by atoms with Crippen LogP contribution in [-0.4, -0.2) is 53.2 Å². The van der Waals surface area contributed by atoms with Crippen LogP contribution in [-0.2, 0) is 27.8 Å². The van der Waals surface area contributed by atoms with Crippen LogP contribution in [0.1, 0.15) is 18.3 Å². The van der Waals surface area contributed by atoms with E-state index in [-0.39, 0.29) is 16.6 Å². The Bertz CT molecular complexity index is 1130. The number of nitrogens with zero attached hydrogens (tertiary/aromatic N) is 4. The molecule has 3 rings (SSSR count). The number of anilines is 1. The Labute approximate surface area is 186 Å². The maximum absolute atomic E-state index is 12.4. The summed E-state index contributed by atoms with van der Waals surface area (Å²) >= 11 is 1.32. The molecule has 0 saturated heterocycles. The SMILES string of the molecule is CCn1c(Cc2ccccc2)nnc1SCC(=O)Nc1ccc(S(=O)(=O)N(C)C)cc1. The molecule has 164 valence electrons. The molecule has 0 spiro atoms. The van der Waals surface area contributed by atoms with Gasteiger partial charge in [0.1, 0.15) is 5.82 Å². The molecular weight excluding hydrogens is 434 g/mol. The molecule has 0 bridgehead atoms. The van der Waals surface area contributed by atoms with E-state index in [4.69, 9.17) is 0 Å². The zero-order chi connectivity index (χ0) is 22.4. The van der Waals surface area contributed by atoms with Gasteiger partial charge in [0.15, 0.2) is 5.16 Å². The molecule has 0 atom stereocenters. The van der Waals surface area contributed by atoms with E-state index in [1.165, 1.54) is 38.0 Å². The standard InChI is InChI=1S/C21H25N5O3S2/c1-4-26-19(14-16-8-6-5-7-9-16)23-24-21(26)30-15-20(27)22-17-10-12-18(13-11-17)31(28,29)25(2)3/h5-13H,4,14-15H2,1-3H3,(H,22,27). The zero-order valence-corrected chi connectivity index (χ0v) is 19.3. The predicted molar refractivity (Wildman–Crippen MR) is 122 cm³/mol. The van der Waals surface area contributed by atoms with Gasteiger partial charge in [-0.3, -0.25) is 4.79 Å². The minimum atomic E-state index is -3.50. The van der Waals surface area contributed by atoms with Gasteiger partial charge in [-0.1, -0.05) is 42.1 Å². The van der Waals surface area contributed by atoms with Gasteiger partial charge in [0, 0.05) is 32.7 Å². The summed E-state index contributed by atoms with van der Waals surface area (Å²) in [7, 11) is -0.548. The number of rotatable bonds is 9. The Kier molecular flexibility index (Phi) is 7.47. The number of benzene rings is 2. The zero-order valence-electron chi connectivity index (χ0n) is 17.6. The molecule has 0 saturated carbocycles. The molecule has 8 nitrogen and oxygen atoms in total. The number of carbonyl (C=O) groups is 1. The van der Waals surface area contributed by atoms with Gasteiger partial charge in [-0.25, -0.2) is 12.7 Å². The van der Waals surface area contributed by atoms with Crippen LogP contribution in [0.2, 0.25) is 0 Å². The molecular formula is C21H25N5O3S2. The van der Waals surface area contributed by atoms with Gasteiger partial charge in [0.05, 0.1) is 10.6 Å². The predicted octanol–water partition coefficient (Wildman–Crippen LogP) is 2.87. The minimum absolute atomic E-state index is 0.168. The summed E-state index contributed by atoms with van der Waals surface area (Å²) in [6, 6.07) is 16.1. The van der Waals surface area contributed by atoms with E-state index in [1.807, 2.05) is 41.8 Å². The fourth-order valence-corrected chi connectivity index (χ4v) is 4.62. The Morgan fingerprint density at radius 2 is 1.74 bits per heavy atom. The highest BCUT2D eigenvalue weighted by Gasteiger charge is 2.17. The van der Waals surface area contributed by atoms with E-state index in [9.17, 15) is 13.2 Å². The molecule has 2 aromatic carbocycles. The first-order valence-corrected chi connectivity index (χ1v) is 12.1. The van der Waals surface area contributed by atoms with Crippen LogP contribution in [0.5, 0.6) is 0 Å². The van der Waals surface area contributed by atoms with Crippen LogP contribution >= 0.6 is 11.8 Å². The topological polar surface area (TPSA) is 97.2 Å². The second-order valence-corrected chi connectivity index (χ2v) is 10.0. The summed E-state index contributed by atoms with van der Waals surface area (Å²) in [6.45, 7) is 2.73. The van der Waals surface area contributed by atoms with Crippen molar-refractivity contribution in [3.63, 3.8) is 0 Å². The van der Waals surface area contributed by atoms with Crippen LogP contribution in [0.25, 0.3) is 0 Å². The first kappa shape index (κ1) is 23.0. The summed E-state index contributed by atoms with van der Waals surface area (Å²) in [5.74, 6) is 0.819. The molecule has 10 heteroatoms. The monoisotopic (exact) mass is 459 g/mol. The summed E-state index contributed by atoms with van der Waals surface area (Å²) in [6.07, 6.45) is 0.677. The van der Waals surface area contributed by atoms with Crippen molar-refractivity contribution in [2.24, 2.45) is 0 Å². The quantitative estimate of drug-likeness (QED) is 0.494. The van der Waals surface area contributed by atoms with E-state index in [1.54, 1.807) is 12.1 Å². The van der Waals surface area contributed by atoms with Crippen molar-refractivity contribution in [3.8, 4) is 0 Å². The van der Waals surface area contributed by atoms with Gasteiger partial charge in [-0.2, -0.15) is 0 Å². The van der Waals surface area contributed by atoms with E-state index in [0.717, 1.165) is 15.7 Å². The van der Waals surface area contributed by atoms with Crippen molar-refractivity contribution >= 4 is 33.4 Å². The number of sulfonamides is 1. The Morgan fingerprint density at radius 3 is 2.35 bits per heavy atom. The summed E-state index contributed by atoms with van der Waals surface area (Å²) in [4.78, 5) is 12.5. The average molecular weight is 460 g/mol. The molecule has 1 N–H and O–H groups in total. The van der Waals surface area contributed by atoms with Crippen molar-refractivity contribution in [3.05, 3.63) is 66.0 Å². The summed E-state index contributed by atoms with van der Waals surface area (Å²) in [5.41, 5.74) is 1.68. The Balaban J connectivity index is 1.60. The number of aromatic nitrogens is 3. The van der Waals surface area contributed by atoms with Gasteiger partial charge in [-0.05, 0) is 36.8 Å². The number of amides is 1. The van der Waals surface area contributed by atoms with Crippen molar-refractivity contribution in [1.29, 1.82) is 0 Å². The first-order chi connectivity index (χ1) is 14.8. The van der Waals surface area contributed by atoms with Gasteiger partial charge < -0.3 is 9.88 Å². The molecule has 31 heavy (non-hydrogen) atoms. The van der Waals surface area contributed by atoms with Crippen molar-refractivity contribution in [1.82, 2.24) is 19.1 Å². The van der Waals surface area contributed by atoms with E-state index >= 15 is 0 Å². The molecule has 0 aliphatic heterocycles. The molecule has 0 aliphatic carbocycles. The highest BCUT2D eigenvalue weighted by atomic mass is 32.2. The summed E-state index contributed by atoms with van der Waals surface area (Å²) < 4.78 is 27.4. The third kappa shape index (κ3) is 5.72. The third-order valence-electron chi connectivity index (χ3n) is 4.56. The molecule has 3 aromatic rings. The van der Waals surface area contributed by atoms with Crippen LogP contribution in [0, 0.1) is 0 Å². The molecule has 1 aromatic heterocycles. The fraction of sp³-hybridized carbons (Fsp3) is 0.286. The van der Waals surface area contributed by atoms with Crippen LogP contribution < -0.4 is 5.32 Å². The maximum atomic E-state index is 12.4. The lowest BCUT2D eigenvalue weighted by molar-refractivity contribution is -0.113. The second kappa shape index (κ2) is 10.1. The van der Waals surface area contributed by atoms with Gasteiger partial charge in [0.2, 0.25) is 15.9 Å².